The van der Waals surface area contributed by atoms with E-state index >= 15 is 0 Å². The number of aromatic nitrogens is 1. The van der Waals surface area contributed by atoms with E-state index in [1.165, 1.54) is 13.8 Å². The van der Waals surface area contributed by atoms with E-state index in [-0.39, 0.29) is 23.7 Å². The van der Waals surface area contributed by atoms with Crippen LogP contribution < -0.4 is 15.8 Å². The lowest BCUT2D eigenvalue weighted by Gasteiger charge is -2.31. The summed E-state index contributed by atoms with van der Waals surface area (Å²) in [5.74, 6) is -0.782. The number of alkyl halides is 3. The summed E-state index contributed by atoms with van der Waals surface area (Å²) in [7, 11) is 0. The van der Waals surface area contributed by atoms with Crippen LogP contribution in [0.4, 0.5) is 13.2 Å². The van der Waals surface area contributed by atoms with E-state index in [4.69, 9.17) is 15.9 Å². The van der Waals surface area contributed by atoms with Crippen molar-refractivity contribution < 1.29 is 22.7 Å². The number of nitrogens with one attached hydrogen (secondary N) is 2. The summed E-state index contributed by atoms with van der Waals surface area (Å²) in [6.07, 6.45) is -3.25. The summed E-state index contributed by atoms with van der Waals surface area (Å²) in [5.41, 5.74) is 5.90. The Labute approximate surface area is 222 Å². The lowest BCUT2D eigenvalue weighted by atomic mass is 9.85. The molecule has 1 amide bonds. The van der Waals surface area contributed by atoms with Crippen LogP contribution in [0.2, 0.25) is 0 Å². The van der Waals surface area contributed by atoms with Crippen LogP contribution in [0, 0.1) is 5.41 Å². The largest absolute Gasteiger partial charge is 0.462 e. The number of rotatable bonds is 9. The van der Waals surface area contributed by atoms with Crippen molar-refractivity contribution in [1.82, 2.24) is 10.3 Å². The van der Waals surface area contributed by atoms with Gasteiger partial charge in [-0.05, 0) is 62.6 Å². The number of ether oxygens (including phenoxy) is 1. The Hall–Kier alpha value is -3.40. The average Bonchev–Trinajstić information content (AvgIpc) is 2.83. The number of amides is 1. The second-order valence-corrected chi connectivity index (χ2v) is 10.1. The van der Waals surface area contributed by atoms with Crippen LogP contribution in [0.25, 0.3) is 0 Å². The van der Waals surface area contributed by atoms with Gasteiger partial charge in [0.25, 0.3) is 5.91 Å². The topological polar surface area (TPSA) is 101 Å². The average molecular weight is 577 g/mol. The van der Waals surface area contributed by atoms with E-state index in [2.05, 4.69) is 26.2 Å². The van der Waals surface area contributed by atoms with Crippen molar-refractivity contribution in [3.8, 4) is 5.88 Å². The molecule has 2 aromatic carbocycles. The molecule has 3 rings (SSSR count). The molecule has 4 N–H and O–H groups in total. The number of nitrogens with two attached hydrogens (primary N) is 1. The molecule has 1 aromatic heterocycles. The number of halogens is 4. The number of nitrogen functional groups attached to an aromatic ring is 1. The minimum atomic E-state index is -4.52. The highest BCUT2D eigenvalue weighted by Crippen LogP contribution is 2.30. The second-order valence-electron chi connectivity index (χ2n) is 9.23. The van der Waals surface area contributed by atoms with Crippen LogP contribution in [0.3, 0.4) is 0 Å². The van der Waals surface area contributed by atoms with Crippen LogP contribution in [0.1, 0.15) is 48.9 Å². The Morgan fingerprint density at radius 2 is 1.81 bits per heavy atom. The molecule has 37 heavy (non-hydrogen) atoms. The number of hydrogen-bond acceptors (Lipinski definition) is 4. The highest BCUT2D eigenvalue weighted by atomic mass is 79.9. The van der Waals surface area contributed by atoms with Gasteiger partial charge in [-0.15, -0.1) is 0 Å². The fourth-order valence-electron chi connectivity index (χ4n) is 3.79. The van der Waals surface area contributed by atoms with E-state index in [9.17, 15) is 18.0 Å². The maximum atomic E-state index is 13.2. The Balaban J connectivity index is 1.81. The molecule has 0 saturated heterocycles. The van der Waals surface area contributed by atoms with Crippen molar-refractivity contribution in [2.24, 2.45) is 5.73 Å². The first kappa shape index (κ1) is 28.2. The van der Waals surface area contributed by atoms with Gasteiger partial charge in [0.2, 0.25) is 5.88 Å². The standard InChI is InChI=1S/C27H28BrF3N4O2/c1-16(35-25(36)26(2,3)37-23-12-9-20(15-34-23)27(29,30)31)22(13-17-7-10-21(28)11-8-17)18-5-4-6-19(14-18)24(32)33/h4-12,14-16,22H,13H2,1-3H3,(H3,32,33)(H,35,36). The Kier molecular flexibility index (Phi) is 8.63. The molecular weight excluding hydrogens is 549 g/mol. The van der Waals surface area contributed by atoms with E-state index in [0.29, 0.717) is 18.2 Å². The van der Waals surface area contributed by atoms with Crippen molar-refractivity contribution in [3.05, 3.63) is 93.6 Å². The monoisotopic (exact) mass is 576 g/mol. The normalized spacial score (nSPS) is 13.5. The molecule has 196 valence electrons. The Bertz CT molecular complexity index is 1250. The van der Waals surface area contributed by atoms with E-state index in [1.807, 2.05) is 49.4 Å². The number of amidine groups is 1. The third kappa shape index (κ3) is 7.55. The van der Waals surface area contributed by atoms with Crippen molar-refractivity contribution in [2.45, 2.75) is 50.9 Å². The van der Waals surface area contributed by atoms with Gasteiger partial charge in [-0.25, -0.2) is 4.98 Å². The van der Waals surface area contributed by atoms with Crippen molar-refractivity contribution >= 4 is 27.7 Å². The lowest BCUT2D eigenvalue weighted by Crippen LogP contribution is -2.51. The van der Waals surface area contributed by atoms with Gasteiger partial charge >= 0.3 is 6.18 Å². The molecule has 0 spiro atoms. The van der Waals surface area contributed by atoms with Gasteiger partial charge in [-0.2, -0.15) is 13.2 Å². The lowest BCUT2D eigenvalue weighted by molar-refractivity contribution is -0.138. The van der Waals surface area contributed by atoms with Gasteiger partial charge in [0.1, 0.15) is 5.84 Å². The molecule has 0 saturated carbocycles. The van der Waals surface area contributed by atoms with Crippen LogP contribution in [-0.4, -0.2) is 28.4 Å². The summed E-state index contributed by atoms with van der Waals surface area (Å²) < 4.78 is 45.1. The van der Waals surface area contributed by atoms with E-state index in [1.54, 1.807) is 6.07 Å². The number of hydrogen-bond donors (Lipinski definition) is 3. The SMILES string of the molecule is CC(NC(=O)C(C)(C)Oc1ccc(C(F)(F)F)cn1)C(Cc1ccc(Br)cc1)c1cccc(C(=N)N)c1. The molecule has 0 aliphatic rings. The predicted molar refractivity (Wildman–Crippen MR) is 140 cm³/mol. The first-order valence-corrected chi connectivity index (χ1v) is 12.3. The molecular formula is C27H28BrF3N4O2. The molecule has 0 bridgehead atoms. The number of benzene rings is 2. The fourth-order valence-corrected chi connectivity index (χ4v) is 4.06. The summed E-state index contributed by atoms with van der Waals surface area (Å²) >= 11 is 3.44. The molecule has 0 aliphatic heterocycles. The summed E-state index contributed by atoms with van der Waals surface area (Å²) in [5, 5.41) is 10.8. The van der Waals surface area contributed by atoms with Crippen LogP contribution >= 0.6 is 15.9 Å². The minimum absolute atomic E-state index is 0.0560. The summed E-state index contributed by atoms with van der Waals surface area (Å²) in [6, 6.07) is 16.8. The molecule has 3 aromatic rings. The zero-order valence-electron chi connectivity index (χ0n) is 20.6. The molecule has 0 aliphatic carbocycles. The van der Waals surface area contributed by atoms with Crippen molar-refractivity contribution in [3.63, 3.8) is 0 Å². The zero-order chi connectivity index (χ0) is 27.4. The molecule has 1 heterocycles. The predicted octanol–water partition coefficient (Wildman–Crippen LogP) is 5.84. The smallest absolute Gasteiger partial charge is 0.417 e. The number of carbonyl (C=O) groups is 1. The number of carbonyl (C=O) groups excluding carboxylic acids is 1. The van der Waals surface area contributed by atoms with Gasteiger partial charge < -0.3 is 15.8 Å². The Morgan fingerprint density at radius 3 is 2.38 bits per heavy atom. The van der Waals surface area contributed by atoms with E-state index in [0.717, 1.165) is 27.7 Å². The molecule has 0 fully saturated rings. The fraction of sp³-hybridized carbons (Fsp3) is 0.296. The molecule has 10 heteroatoms. The maximum absolute atomic E-state index is 13.2. The van der Waals surface area contributed by atoms with Gasteiger partial charge in [0, 0.05) is 34.3 Å². The molecule has 0 radical (unpaired) electrons. The first-order chi connectivity index (χ1) is 17.3. The van der Waals surface area contributed by atoms with Gasteiger partial charge in [0.15, 0.2) is 5.60 Å². The summed E-state index contributed by atoms with van der Waals surface area (Å²) in [4.78, 5) is 16.9. The third-order valence-corrected chi connectivity index (χ3v) is 6.46. The number of nitrogens with zero attached hydrogens (tertiary/aromatic N) is 1. The summed E-state index contributed by atoms with van der Waals surface area (Å²) in [6.45, 7) is 4.91. The van der Waals surface area contributed by atoms with Crippen molar-refractivity contribution in [2.75, 3.05) is 0 Å². The van der Waals surface area contributed by atoms with Crippen molar-refractivity contribution in [1.29, 1.82) is 5.41 Å². The number of pyridine rings is 1. The third-order valence-electron chi connectivity index (χ3n) is 5.93. The maximum Gasteiger partial charge on any atom is 0.417 e. The minimum Gasteiger partial charge on any atom is -0.462 e. The zero-order valence-corrected chi connectivity index (χ0v) is 22.2. The van der Waals surface area contributed by atoms with Gasteiger partial charge in [-0.3, -0.25) is 10.2 Å². The van der Waals surface area contributed by atoms with Gasteiger partial charge in [-0.1, -0.05) is 46.3 Å². The van der Waals surface area contributed by atoms with Crippen LogP contribution in [0.5, 0.6) is 5.88 Å². The Morgan fingerprint density at radius 1 is 1.14 bits per heavy atom. The molecule has 2 atom stereocenters. The van der Waals surface area contributed by atoms with Gasteiger partial charge in [0.05, 0.1) is 5.56 Å². The van der Waals surface area contributed by atoms with Crippen LogP contribution in [-0.2, 0) is 17.4 Å². The molecule has 6 nitrogen and oxygen atoms in total. The van der Waals surface area contributed by atoms with E-state index < -0.39 is 23.2 Å². The highest BCUT2D eigenvalue weighted by molar-refractivity contribution is 9.10. The first-order valence-electron chi connectivity index (χ1n) is 11.5. The quantitative estimate of drug-likeness (QED) is 0.220. The second kappa shape index (κ2) is 11.3. The van der Waals surface area contributed by atoms with Crippen LogP contribution in [0.15, 0.2) is 71.3 Å². The highest BCUT2D eigenvalue weighted by Gasteiger charge is 2.34. The molecule has 2 unspecified atom stereocenters.